The predicted molar refractivity (Wildman–Crippen MR) is 58.8 cm³/mol. The van der Waals surface area contributed by atoms with E-state index < -0.39 is 0 Å². The molecule has 0 bridgehead atoms. The highest BCUT2D eigenvalue weighted by molar-refractivity contribution is 5.52. The third-order valence-corrected chi connectivity index (χ3v) is 1.90. The lowest BCUT2D eigenvalue weighted by molar-refractivity contribution is -0.107. The second-order valence-corrected chi connectivity index (χ2v) is 3.11. The van der Waals surface area contributed by atoms with Crippen LogP contribution >= 0.6 is 0 Å². The summed E-state index contributed by atoms with van der Waals surface area (Å²) in [6, 6.07) is 0. The van der Waals surface area contributed by atoms with Gasteiger partial charge in [-0.2, -0.15) is 0 Å². The van der Waals surface area contributed by atoms with E-state index in [-0.39, 0.29) is 0 Å². The fraction of sp³-hybridized carbons (Fsp3) is 0.250. The molecule has 0 aromatic carbocycles. The van der Waals surface area contributed by atoms with Gasteiger partial charge in [0, 0.05) is 5.70 Å². The maximum atomic E-state index is 10.2. The lowest BCUT2D eigenvalue weighted by Crippen LogP contribution is -2.13. The van der Waals surface area contributed by atoms with Crippen molar-refractivity contribution in [2.24, 2.45) is 0 Å². The smallest absolute Gasteiger partial charge is 0.139 e. The first-order valence-corrected chi connectivity index (χ1v) is 4.72. The van der Waals surface area contributed by atoms with Crippen LogP contribution in [0.4, 0.5) is 0 Å². The summed E-state index contributed by atoms with van der Waals surface area (Å²) in [6.45, 7) is 2.43. The summed E-state index contributed by atoms with van der Waals surface area (Å²) in [5, 5.41) is 3.01. The van der Waals surface area contributed by atoms with Gasteiger partial charge in [0.25, 0.3) is 0 Å². The molecule has 1 aliphatic rings. The van der Waals surface area contributed by atoms with Gasteiger partial charge in [-0.3, -0.25) is 0 Å². The number of carbonyl (C=O) groups is 1. The molecular weight excluding hydrogens is 174 g/mol. The van der Waals surface area contributed by atoms with Crippen molar-refractivity contribution in [1.82, 2.24) is 5.32 Å². The van der Waals surface area contributed by atoms with Crippen molar-refractivity contribution >= 4 is 6.29 Å². The van der Waals surface area contributed by atoms with Crippen LogP contribution in [-0.4, -0.2) is 12.8 Å². The molecule has 0 saturated heterocycles. The number of carbonyl (C=O) groups excluding carboxylic acids is 1. The zero-order chi connectivity index (χ0) is 10.2. The third-order valence-electron chi connectivity index (χ3n) is 1.90. The van der Waals surface area contributed by atoms with Gasteiger partial charge in [0.05, 0.1) is 6.54 Å². The van der Waals surface area contributed by atoms with Crippen LogP contribution in [0.25, 0.3) is 0 Å². The molecule has 14 heavy (non-hydrogen) atoms. The molecule has 2 nitrogen and oxygen atoms in total. The average molecular weight is 189 g/mol. The van der Waals surface area contributed by atoms with Gasteiger partial charge in [0.2, 0.25) is 0 Å². The number of hydrogen-bond acceptors (Lipinski definition) is 2. The molecule has 1 rings (SSSR count). The van der Waals surface area contributed by atoms with E-state index >= 15 is 0 Å². The van der Waals surface area contributed by atoms with Crippen LogP contribution < -0.4 is 5.32 Å². The van der Waals surface area contributed by atoms with Crippen LogP contribution in [0.5, 0.6) is 0 Å². The topological polar surface area (TPSA) is 29.1 Å². The van der Waals surface area contributed by atoms with E-state index in [1.54, 1.807) is 0 Å². The highest BCUT2D eigenvalue weighted by Gasteiger charge is 1.90. The standard InChI is InChI=1S/C12H15NO/c1-11-5-2-3-7-12(8-4-6-11)13-9-10-14/h3-8,10,13H,2,9H2,1H3/b6-4-,7-3-,11-5-,12-8+. The quantitative estimate of drug-likeness (QED) is 0.689. The fourth-order valence-electron chi connectivity index (χ4n) is 1.15. The monoisotopic (exact) mass is 189 g/mol. The Bertz CT molecular complexity index is 308. The Hall–Kier alpha value is -1.57. The first kappa shape index (κ1) is 10.5. The van der Waals surface area contributed by atoms with Gasteiger partial charge in [-0.15, -0.1) is 0 Å². The molecule has 0 spiro atoms. The number of allylic oxidation sites excluding steroid dienone is 7. The van der Waals surface area contributed by atoms with Crippen molar-refractivity contribution in [2.45, 2.75) is 13.3 Å². The maximum absolute atomic E-state index is 10.2. The van der Waals surface area contributed by atoms with Crippen molar-refractivity contribution in [3.63, 3.8) is 0 Å². The Morgan fingerprint density at radius 1 is 1.50 bits per heavy atom. The Kier molecular flexibility index (Phi) is 4.48. The second-order valence-electron chi connectivity index (χ2n) is 3.11. The molecule has 0 aliphatic heterocycles. The van der Waals surface area contributed by atoms with Crippen LogP contribution in [0.2, 0.25) is 0 Å². The van der Waals surface area contributed by atoms with E-state index in [2.05, 4.69) is 30.5 Å². The Labute approximate surface area is 84.7 Å². The minimum absolute atomic E-state index is 0.358. The molecular formula is C12H15NO. The summed E-state index contributed by atoms with van der Waals surface area (Å²) in [5.41, 5.74) is 2.22. The summed E-state index contributed by atoms with van der Waals surface area (Å²) in [4.78, 5) is 10.2. The van der Waals surface area contributed by atoms with Crippen molar-refractivity contribution in [2.75, 3.05) is 6.54 Å². The lowest BCUT2D eigenvalue weighted by atomic mass is 10.2. The molecule has 0 atom stereocenters. The van der Waals surface area contributed by atoms with Crippen molar-refractivity contribution in [3.05, 3.63) is 47.7 Å². The lowest BCUT2D eigenvalue weighted by Gasteiger charge is -2.00. The second kappa shape index (κ2) is 5.97. The SMILES string of the molecule is CC1=C\C\C=C/C(NCC=O)=C\C=C/1. The van der Waals surface area contributed by atoms with Gasteiger partial charge in [-0.1, -0.05) is 29.9 Å². The molecule has 2 heteroatoms. The Morgan fingerprint density at radius 3 is 3.14 bits per heavy atom. The summed E-state index contributed by atoms with van der Waals surface area (Å²) in [7, 11) is 0. The van der Waals surface area contributed by atoms with E-state index in [0.717, 1.165) is 18.4 Å². The van der Waals surface area contributed by atoms with Gasteiger partial charge in [-0.05, 0) is 25.5 Å². The van der Waals surface area contributed by atoms with Crippen molar-refractivity contribution in [3.8, 4) is 0 Å². The molecule has 0 fully saturated rings. The summed E-state index contributed by atoms with van der Waals surface area (Å²) in [6.07, 6.45) is 14.0. The van der Waals surface area contributed by atoms with Crippen molar-refractivity contribution in [1.29, 1.82) is 0 Å². The van der Waals surface area contributed by atoms with Crippen LogP contribution in [0.1, 0.15) is 13.3 Å². The summed E-state index contributed by atoms with van der Waals surface area (Å²) >= 11 is 0. The average Bonchev–Trinajstić information content (AvgIpc) is 2.28. The molecule has 0 aromatic rings. The van der Waals surface area contributed by atoms with Crippen LogP contribution in [0.3, 0.4) is 0 Å². The summed E-state index contributed by atoms with van der Waals surface area (Å²) in [5.74, 6) is 0. The Balaban J connectivity index is 2.67. The van der Waals surface area contributed by atoms with Crippen LogP contribution in [-0.2, 0) is 4.79 Å². The van der Waals surface area contributed by atoms with Crippen LogP contribution in [0.15, 0.2) is 47.7 Å². The third kappa shape index (κ3) is 3.90. The predicted octanol–water partition coefficient (Wildman–Crippen LogP) is 2.12. The van der Waals surface area contributed by atoms with E-state index in [4.69, 9.17) is 0 Å². The largest absolute Gasteiger partial charge is 0.378 e. The fourth-order valence-corrected chi connectivity index (χ4v) is 1.15. The van der Waals surface area contributed by atoms with Gasteiger partial charge >= 0.3 is 0 Å². The normalized spacial score (nSPS) is 28.1. The first-order chi connectivity index (χ1) is 6.83. The molecule has 0 unspecified atom stereocenters. The summed E-state index contributed by atoms with van der Waals surface area (Å²) < 4.78 is 0. The number of hydrogen-bond donors (Lipinski definition) is 1. The number of nitrogens with one attached hydrogen (secondary N) is 1. The van der Waals surface area contributed by atoms with E-state index in [0.29, 0.717) is 6.54 Å². The van der Waals surface area contributed by atoms with Crippen LogP contribution in [0, 0.1) is 0 Å². The maximum Gasteiger partial charge on any atom is 0.139 e. The van der Waals surface area contributed by atoms with E-state index in [9.17, 15) is 4.79 Å². The molecule has 0 heterocycles. The molecule has 0 amide bonds. The molecule has 1 aliphatic carbocycles. The van der Waals surface area contributed by atoms with E-state index in [1.807, 2.05) is 18.2 Å². The zero-order valence-corrected chi connectivity index (χ0v) is 8.36. The first-order valence-electron chi connectivity index (χ1n) is 4.72. The molecule has 1 N–H and O–H groups in total. The number of rotatable bonds is 3. The van der Waals surface area contributed by atoms with Gasteiger partial charge < -0.3 is 10.1 Å². The van der Waals surface area contributed by atoms with Gasteiger partial charge in [0.1, 0.15) is 6.29 Å². The molecule has 0 radical (unpaired) electrons. The molecule has 74 valence electrons. The minimum Gasteiger partial charge on any atom is -0.378 e. The molecule has 0 saturated carbocycles. The van der Waals surface area contributed by atoms with Crippen molar-refractivity contribution < 1.29 is 4.79 Å². The van der Waals surface area contributed by atoms with Gasteiger partial charge in [0.15, 0.2) is 0 Å². The van der Waals surface area contributed by atoms with Gasteiger partial charge in [-0.25, -0.2) is 0 Å². The number of aldehydes is 1. The minimum atomic E-state index is 0.358. The molecule has 0 aromatic heterocycles. The van der Waals surface area contributed by atoms with E-state index in [1.165, 1.54) is 5.57 Å². The Morgan fingerprint density at radius 2 is 2.36 bits per heavy atom. The highest BCUT2D eigenvalue weighted by atomic mass is 16.1. The highest BCUT2D eigenvalue weighted by Crippen LogP contribution is 2.04. The zero-order valence-electron chi connectivity index (χ0n) is 8.36.